The predicted octanol–water partition coefficient (Wildman–Crippen LogP) is 3.53. The van der Waals surface area contributed by atoms with Crippen LogP contribution in [0.5, 0.6) is 11.5 Å². The first-order chi connectivity index (χ1) is 16.0. The van der Waals surface area contributed by atoms with E-state index in [1.54, 1.807) is 38.1 Å². The van der Waals surface area contributed by atoms with Gasteiger partial charge in [0, 0.05) is 10.6 Å². The molecule has 3 N–H and O–H groups in total. The van der Waals surface area contributed by atoms with E-state index < -0.39 is 21.5 Å². The molecule has 0 saturated heterocycles. The highest BCUT2D eigenvalue weighted by molar-refractivity contribution is 7.89. The zero-order valence-electron chi connectivity index (χ0n) is 19.9. The number of halogens is 1. The average molecular weight is 507 g/mol. The molecule has 1 amide bonds. The molecule has 0 radical (unpaired) electrons. The molecule has 2 rings (SSSR count). The maximum absolute atomic E-state index is 12.4. The van der Waals surface area contributed by atoms with Crippen LogP contribution in [0.2, 0.25) is 5.02 Å². The molecular weight excluding hydrogens is 476 g/mol. The molecule has 184 valence electrons. The monoisotopic (exact) mass is 506 g/mol. The van der Waals surface area contributed by atoms with Gasteiger partial charge in [-0.25, -0.2) is 8.42 Å². The number of carbonyl (C=O) groups excluding carboxylic acids is 1. The number of hydrogen-bond donors (Lipinski definition) is 2. The maximum Gasteiger partial charge on any atom is 0.238 e. The van der Waals surface area contributed by atoms with Crippen LogP contribution in [0, 0.1) is 17.8 Å². The summed E-state index contributed by atoms with van der Waals surface area (Å²) in [5.74, 6) is 5.79. The van der Waals surface area contributed by atoms with Crippen molar-refractivity contribution in [2.75, 3.05) is 19.5 Å². The zero-order chi connectivity index (χ0) is 25.4. The van der Waals surface area contributed by atoms with Gasteiger partial charge in [-0.3, -0.25) is 4.79 Å². The Kier molecular flexibility index (Phi) is 9.80. The lowest BCUT2D eigenvalue weighted by Gasteiger charge is -2.35. The Bertz CT molecular complexity index is 1150. The van der Waals surface area contributed by atoms with E-state index in [0.29, 0.717) is 22.9 Å². The van der Waals surface area contributed by atoms with Gasteiger partial charge in [0.15, 0.2) is 11.5 Å². The third-order valence-corrected chi connectivity index (χ3v) is 7.24. The quantitative estimate of drug-likeness (QED) is 0.453. The van der Waals surface area contributed by atoms with Crippen LogP contribution in [0.25, 0.3) is 0 Å². The van der Waals surface area contributed by atoms with Crippen LogP contribution in [0.1, 0.15) is 38.3 Å². The van der Waals surface area contributed by atoms with Gasteiger partial charge in [0.1, 0.15) is 12.1 Å². The predicted molar refractivity (Wildman–Crippen MR) is 134 cm³/mol. The first-order valence-electron chi connectivity index (χ1n) is 10.9. The number of amides is 1. The van der Waals surface area contributed by atoms with Gasteiger partial charge in [0.05, 0.1) is 12.9 Å². The third kappa shape index (κ3) is 7.39. The number of benzene rings is 2. The van der Waals surface area contributed by atoms with Crippen LogP contribution in [0.3, 0.4) is 0 Å². The lowest BCUT2D eigenvalue weighted by molar-refractivity contribution is -0.125. The van der Waals surface area contributed by atoms with Gasteiger partial charge in [0.2, 0.25) is 15.9 Å². The van der Waals surface area contributed by atoms with E-state index in [4.69, 9.17) is 26.8 Å². The first-order valence-corrected chi connectivity index (χ1v) is 12.9. The van der Waals surface area contributed by atoms with Crippen LogP contribution < -0.4 is 19.9 Å². The molecule has 7 nitrogen and oxygen atoms in total. The fourth-order valence-electron chi connectivity index (χ4n) is 3.38. The number of methoxy groups -OCH3 is 1. The second-order valence-electron chi connectivity index (χ2n) is 8.08. The van der Waals surface area contributed by atoms with E-state index in [1.165, 1.54) is 14.0 Å². The van der Waals surface area contributed by atoms with Gasteiger partial charge in [-0.2, -0.15) is 4.72 Å². The van der Waals surface area contributed by atoms with Crippen molar-refractivity contribution in [2.24, 2.45) is 11.7 Å². The fraction of sp³-hybridized carbons (Fsp3) is 0.400. The second kappa shape index (κ2) is 12.1. The minimum absolute atomic E-state index is 0.143. The van der Waals surface area contributed by atoms with Crippen molar-refractivity contribution in [3.63, 3.8) is 0 Å². The summed E-state index contributed by atoms with van der Waals surface area (Å²) in [5.41, 5.74) is 5.95. The van der Waals surface area contributed by atoms with Crippen LogP contribution in [0.15, 0.2) is 42.5 Å². The summed E-state index contributed by atoms with van der Waals surface area (Å²) in [6.45, 7) is 5.21. The maximum atomic E-state index is 12.4. The fourth-order valence-corrected chi connectivity index (χ4v) is 4.64. The Morgan fingerprint density at radius 2 is 1.85 bits per heavy atom. The summed E-state index contributed by atoms with van der Waals surface area (Å²) in [6.07, 6.45) is 0.607. The first kappa shape index (κ1) is 27.5. The smallest absolute Gasteiger partial charge is 0.238 e. The molecule has 0 aliphatic carbocycles. The van der Waals surface area contributed by atoms with Crippen molar-refractivity contribution in [3.8, 4) is 23.3 Å². The zero-order valence-corrected chi connectivity index (χ0v) is 21.4. The van der Waals surface area contributed by atoms with E-state index in [2.05, 4.69) is 16.6 Å². The van der Waals surface area contributed by atoms with Crippen molar-refractivity contribution in [1.82, 2.24) is 4.72 Å². The number of sulfonamides is 1. The summed E-state index contributed by atoms with van der Waals surface area (Å²) >= 11 is 5.87. The van der Waals surface area contributed by atoms with E-state index in [0.717, 1.165) is 11.1 Å². The molecule has 0 aromatic heterocycles. The highest BCUT2D eigenvalue weighted by Crippen LogP contribution is 2.30. The number of rotatable bonds is 11. The number of ether oxygens (including phenoxy) is 2. The van der Waals surface area contributed by atoms with Crippen molar-refractivity contribution in [2.45, 2.75) is 39.2 Å². The van der Waals surface area contributed by atoms with Crippen molar-refractivity contribution < 1.29 is 22.7 Å². The van der Waals surface area contributed by atoms with Gasteiger partial charge in [-0.1, -0.05) is 43.4 Å². The largest absolute Gasteiger partial charge is 0.493 e. The topological polar surface area (TPSA) is 108 Å². The normalized spacial score (nSPS) is 13.0. The number of nitrogens with one attached hydrogen (secondary N) is 1. The number of aryl methyl sites for hydroxylation is 1. The molecule has 1 atom stereocenters. The molecule has 9 heteroatoms. The molecule has 2 aromatic carbocycles. The Balaban J connectivity index is 2.13. The van der Waals surface area contributed by atoms with E-state index in [1.807, 2.05) is 18.2 Å². The summed E-state index contributed by atoms with van der Waals surface area (Å²) in [7, 11) is -2.11. The Morgan fingerprint density at radius 3 is 2.41 bits per heavy atom. The highest BCUT2D eigenvalue weighted by atomic mass is 35.5. The SMILES string of the molecule is CCS(=O)(=O)NC(CCc1ccc(OCC#Cc2ccc(Cl)cc2)c(OC)c1)(C(N)=O)C(C)C. The molecule has 0 bridgehead atoms. The Labute approximate surface area is 207 Å². The van der Waals surface area contributed by atoms with E-state index in [9.17, 15) is 13.2 Å². The molecule has 0 spiro atoms. The lowest BCUT2D eigenvalue weighted by atomic mass is 9.81. The molecule has 34 heavy (non-hydrogen) atoms. The number of carbonyl (C=O) groups is 1. The Morgan fingerprint density at radius 1 is 1.18 bits per heavy atom. The van der Waals surface area contributed by atoms with Crippen LogP contribution in [-0.4, -0.2) is 39.3 Å². The van der Waals surface area contributed by atoms with Crippen LogP contribution in [0.4, 0.5) is 0 Å². The van der Waals surface area contributed by atoms with Crippen molar-refractivity contribution >= 4 is 27.5 Å². The lowest BCUT2D eigenvalue weighted by Crippen LogP contribution is -2.61. The molecule has 0 aliphatic rings. The summed E-state index contributed by atoms with van der Waals surface area (Å²) in [6, 6.07) is 12.6. The van der Waals surface area contributed by atoms with Gasteiger partial charge in [0.25, 0.3) is 0 Å². The van der Waals surface area contributed by atoms with E-state index in [-0.39, 0.29) is 24.7 Å². The second-order valence-corrected chi connectivity index (χ2v) is 10.5. The van der Waals surface area contributed by atoms with Gasteiger partial charge < -0.3 is 15.2 Å². The molecule has 2 aromatic rings. The highest BCUT2D eigenvalue weighted by Gasteiger charge is 2.42. The summed E-state index contributed by atoms with van der Waals surface area (Å²) in [5, 5.41) is 0.649. The average Bonchev–Trinajstić information content (AvgIpc) is 2.80. The summed E-state index contributed by atoms with van der Waals surface area (Å²) in [4.78, 5) is 12.4. The van der Waals surface area contributed by atoms with Crippen LogP contribution >= 0.6 is 11.6 Å². The molecule has 0 saturated carbocycles. The van der Waals surface area contributed by atoms with Crippen LogP contribution in [-0.2, 0) is 21.2 Å². The molecule has 0 heterocycles. The number of primary amides is 1. The standard InChI is InChI=1S/C25H31ClN2O5S/c1-5-34(30,31)28-25(18(2)3,24(27)29)15-14-20-10-13-22(23(17-20)32-4)33-16-6-7-19-8-11-21(26)12-9-19/h8-13,17-18,28H,5,14-16H2,1-4H3,(H2,27,29). The molecule has 0 fully saturated rings. The van der Waals surface area contributed by atoms with Gasteiger partial charge in [-0.05, 0) is 67.6 Å². The van der Waals surface area contributed by atoms with Gasteiger partial charge in [-0.15, -0.1) is 0 Å². The molecule has 1 unspecified atom stereocenters. The van der Waals surface area contributed by atoms with Crippen molar-refractivity contribution in [1.29, 1.82) is 0 Å². The third-order valence-electron chi connectivity index (χ3n) is 5.56. The Hall–Kier alpha value is -2.73. The molecule has 0 aliphatic heterocycles. The van der Waals surface area contributed by atoms with Gasteiger partial charge >= 0.3 is 0 Å². The van der Waals surface area contributed by atoms with Crippen molar-refractivity contribution in [3.05, 3.63) is 58.6 Å². The minimum atomic E-state index is -3.64. The minimum Gasteiger partial charge on any atom is -0.493 e. The number of hydrogen-bond acceptors (Lipinski definition) is 5. The number of nitrogens with two attached hydrogens (primary N) is 1. The molecular formula is C25H31ClN2O5S. The van der Waals surface area contributed by atoms with E-state index >= 15 is 0 Å². The summed E-state index contributed by atoms with van der Waals surface area (Å²) < 4.78 is 38.2.